The van der Waals surface area contributed by atoms with Crippen molar-refractivity contribution in [2.45, 2.75) is 6.92 Å². The Hall–Kier alpha value is -8.84. The average Bonchev–Trinajstić information content (AvgIpc) is 4.09. The minimum absolute atomic E-state index is 0.548. The van der Waals surface area contributed by atoms with Gasteiger partial charge in [-0.25, -0.2) is 0 Å². The highest BCUT2D eigenvalue weighted by molar-refractivity contribution is 6.25. The van der Waals surface area contributed by atoms with Crippen molar-refractivity contribution in [3.63, 3.8) is 0 Å². The largest absolute Gasteiger partial charge is 0.455 e. The van der Waals surface area contributed by atoms with Crippen LogP contribution in [-0.4, -0.2) is 9.13 Å². The molecule has 0 bridgehead atoms. The Kier molecular flexibility index (Phi) is 7.26. The summed E-state index contributed by atoms with van der Waals surface area (Å²) in [6.07, 6.45) is 0. The zero-order valence-corrected chi connectivity index (χ0v) is 33.8. The van der Waals surface area contributed by atoms with Crippen LogP contribution in [0.2, 0.25) is 0 Å². The number of hydrogen-bond donors (Lipinski definition) is 0. The molecule has 0 spiro atoms. The summed E-state index contributed by atoms with van der Waals surface area (Å²) in [5, 5.41) is 28.9. The highest BCUT2D eigenvalue weighted by Gasteiger charge is 2.25. The van der Waals surface area contributed by atoms with E-state index >= 15 is 0 Å². The molecule has 13 aromatic rings. The molecule has 0 unspecified atom stereocenters. The monoisotopic (exact) mass is 804 g/mol. The molecule has 0 atom stereocenters. The SMILES string of the molecule is Cc1cc(C#N)ccc1-c1ccc(-n2c3ccccc3c3c4oc5ccccc5c4ccc32)c(-c2cc(C#N)ccc2-n2c3ccccc3c3c4oc5ccccc5c4ccc32)c1. The van der Waals surface area contributed by atoms with E-state index in [4.69, 9.17) is 8.83 Å². The molecule has 9 aromatic carbocycles. The number of rotatable bonds is 4. The Labute approximate surface area is 359 Å². The molecule has 6 heteroatoms. The Morgan fingerprint density at radius 1 is 0.397 bits per heavy atom. The zero-order valence-electron chi connectivity index (χ0n) is 33.8. The number of hydrogen-bond acceptors (Lipinski definition) is 4. The van der Waals surface area contributed by atoms with Crippen molar-refractivity contribution in [1.29, 1.82) is 10.5 Å². The van der Waals surface area contributed by atoms with Gasteiger partial charge in [-0.2, -0.15) is 10.5 Å². The van der Waals surface area contributed by atoms with E-state index in [0.717, 1.165) is 127 Å². The van der Waals surface area contributed by atoms with Gasteiger partial charge in [0.05, 0.1) is 67.5 Å². The molecule has 0 aliphatic rings. The number of nitriles is 2. The maximum atomic E-state index is 10.6. The molecule has 0 saturated heterocycles. The van der Waals surface area contributed by atoms with Crippen LogP contribution in [0.5, 0.6) is 0 Å². The summed E-state index contributed by atoms with van der Waals surface area (Å²) in [4.78, 5) is 0. The first kappa shape index (κ1) is 35.0. The Bertz CT molecular complexity index is 4200. The highest BCUT2D eigenvalue weighted by atomic mass is 16.3. The topological polar surface area (TPSA) is 83.7 Å². The summed E-state index contributed by atoms with van der Waals surface area (Å²) >= 11 is 0. The van der Waals surface area contributed by atoms with Crippen LogP contribution in [-0.2, 0) is 0 Å². The van der Waals surface area contributed by atoms with Gasteiger partial charge in [-0.05, 0) is 115 Å². The van der Waals surface area contributed by atoms with E-state index < -0.39 is 0 Å². The van der Waals surface area contributed by atoms with E-state index in [0.29, 0.717) is 11.1 Å². The predicted molar refractivity (Wildman–Crippen MR) is 255 cm³/mol. The second kappa shape index (κ2) is 13.1. The Morgan fingerprint density at radius 3 is 1.43 bits per heavy atom. The number of aryl methyl sites for hydroxylation is 1. The highest BCUT2D eigenvalue weighted by Crippen LogP contribution is 2.46. The van der Waals surface area contributed by atoms with E-state index in [9.17, 15) is 10.5 Å². The third-order valence-electron chi connectivity index (χ3n) is 12.9. The standard InChI is InChI=1S/C57H32N4O2/c1-33-28-34(31-58)18-21-37(33)36-20-25-49(61-47-15-7-3-13-43(47)55-51(61)27-23-41-39-11-5-9-17-53(39)63-57(41)55)45(30-36)44-29-35(32-59)19-24-48(44)60-46-14-6-2-12-42(46)54-50(60)26-22-40-38-10-4-8-16-52(38)62-56(40)54/h2-30H,1H3. The fourth-order valence-electron chi connectivity index (χ4n) is 10.2. The molecule has 0 aliphatic carbocycles. The fraction of sp³-hybridized carbons (Fsp3) is 0.0175. The van der Waals surface area contributed by atoms with Crippen LogP contribution < -0.4 is 0 Å². The lowest BCUT2D eigenvalue weighted by Gasteiger charge is -2.20. The molecule has 63 heavy (non-hydrogen) atoms. The van der Waals surface area contributed by atoms with Crippen LogP contribution >= 0.6 is 0 Å². The van der Waals surface area contributed by atoms with Crippen LogP contribution in [0.15, 0.2) is 185 Å². The Balaban J connectivity index is 1.16. The van der Waals surface area contributed by atoms with Crippen LogP contribution in [0.3, 0.4) is 0 Å². The van der Waals surface area contributed by atoms with Crippen LogP contribution in [0.4, 0.5) is 0 Å². The van der Waals surface area contributed by atoms with E-state index in [1.807, 2.05) is 61.5 Å². The van der Waals surface area contributed by atoms with Gasteiger partial charge in [-0.15, -0.1) is 0 Å². The van der Waals surface area contributed by atoms with E-state index in [1.165, 1.54) is 0 Å². The molecule has 13 rings (SSSR count). The first-order valence-corrected chi connectivity index (χ1v) is 21.0. The van der Waals surface area contributed by atoms with Crippen molar-refractivity contribution in [3.8, 4) is 45.8 Å². The molecular weight excluding hydrogens is 773 g/mol. The van der Waals surface area contributed by atoms with Crippen LogP contribution in [0, 0.1) is 29.6 Å². The smallest absolute Gasteiger partial charge is 0.145 e. The second-order valence-electron chi connectivity index (χ2n) is 16.3. The molecule has 292 valence electrons. The molecule has 0 saturated carbocycles. The minimum Gasteiger partial charge on any atom is -0.455 e. The third-order valence-corrected chi connectivity index (χ3v) is 12.9. The fourth-order valence-corrected chi connectivity index (χ4v) is 10.2. The summed E-state index contributed by atoms with van der Waals surface area (Å²) in [5.41, 5.74) is 15.3. The van der Waals surface area contributed by atoms with Gasteiger partial charge in [0.1, 0.15) is 22.3 Å². The summed E-state index contributed by atoms with van der Waals surface area (Å²) in [6.45, 7) is 2.05. The lowest BCUT2D eigenvalue weighted by Crippen LogP contribution is -2.02. The quantitative estimate of drug-likeness (QED) is 0.177. The summed E-state index contributed by atoms with van der Waals surface area (Å²) in [6, 6.07) is 65.4. The lowest BCUT2D eigenvalue weighted by atomic mass is 9.92. The first-order chi connectivity index (χ1) is 31.1. The van der Waals surface area contributed by atoms with E-state index in [-0.39, 0.29) is 0 Å². The number of fused-ring (bicyclic) bond motifs is 14. The van der Waals surface area contributed by atoms with Gasteiger partial charge >= 0.3 is 0 Å². The molecule has 6 nitrogen and oxygen atoms in total. The normalized spacial score (nSPS) is 11.9. The molecule has 0 N–H and O–H groups in total. The van der Waals surface area contributed by atoms with E-state index in [2.05, 4.69) is 143 Å². The van der Waals surface area contributed by atoms with Gasteiger partial charge in [-0.3, -0.25) is 0 Å². The molecule has 4 aromatic heterocycles. The zero-order chi connectivity index (χ0) is 41.9. The molecule has 4 heterocycles. The predicted octanol–water partition coefficient (Wildman–Crippen LogP) is 15.1. The van der Waals surface area contributed by atoms with Gasteiger partial charge in [0.15, 0.2) is 0 Å². The maximum Gasteiger partial charge on any atom is 0.145 e. The van der Waals surface area contributed by atoms with Crippen molar-refractivity contribution in [1.82, 2.24) is 9.13 Å². The van der Waals surface area contributed by atoms with Gasteiger partial charge in [0.2, 0.25) is 0 Å². The maximum absolute atomic E-state index is 10.6. The first-order valence-electron chi connectivity index (χ1n) is 21.0. The van der Waals surface area contributed by atoms with Gasteiger partial charge in [0.25, 0.3) is 0 Å². The second-order valence-corrected chi connectivity index (χ2v) is 16.3. The van der Waals surface area contributed by atoms with Crippen LogP contribution in [0.1, 0.15) is 16.7 Å². The van der Waals surface area contributed by atoms with Crippen molar-refractivity contribution in [2.24, 2.45) is 0 Å². The van der Waals surface area contributed by atoms with Crippen molar-refractivity contribution in [2.75, 3.05) is 0 Å². The third kappa shape index (κ3) is 4.92. The van der Waals surface area contributed by atoms with E-state index in [1.54, 1.807) is 0 Å². The number of para-hydroxylation sites is 4. The molecule has 0 aliphatic heterocycles. The van der Waals surface area contributed by atoms with Crippen molar-refractivity contribution < 1.29 is 8.83 Å². The van der Waals surface area contributed by atoms with Gasteiger partial charge in [-0.1, -0.05) is 84.9 Å². The van der Waals surface area contributed by atoms with Crippen molar-refractivity contribution in [3.05, 3.63) is 193 Å². The summed E-state index contributed by atoms with van der Waals surface area (Å²) in [5.74, 6) is 0. The Morgan fingerprint density at radius 2 is 0.873 bits per heavy atom. The van der Waals surface area contributed by atoms with Crippen molar-refractivity contribution >= 4 is 87.5 Å². The van der Waals surface area contributed by atoms with Gasteiger partial charge in [0, 0.05) is 43.4 Å². The minimum atomic E-state index is 0.548. The summed E-state index contributed by atoms with van der Waals surface area (Å²) in [7, 11) is 0. The molecule has 0 fully saturated rings. The van der Waals surface area contributed by atoms with Gasteiger partial charge < -0.3 is 18.0 Å². The average molecular weight is 805 g/mol. The lowest BCUT2D eigenvalue weighted by molar-refractivity contribution is 0.672. The number of aromatic nitrogens is 2. The molecular formula is C57H32N4O2. The number of nitrogens with zero attached hydrogens (tertiary/aromatic N) is 4. The van der Waals surface area contributed by atoms with Crippen LogP contribution in [0.25, 0.3) is 121 Å². The summed E-state index contributed by atoms with van der Waals surface area (Å²) < 4.78 is 18.0. The molecule has 0 amide bonds. The number of benzene rings is 9. The number of furan rings is 2. The molecule has 0 radical (unpaired) electrons.